The van der Waals surface area contributed by atoms with Crippen LogP contribution >= 0.6 is 34.8 Å². The fraction of sp³-hybridized carbons (Fsp3) is 0.176. The van der Waals surface area contributed by atoms with Crippen molar-refractivity contribution in [1.82, 2.24) is 9.38 Å². The highest BCUT2D eigenvalue weighted by Gasteiger charge is 2.18. The third-order valence-electron chi connectivity index (χ3n) is 3.72. The Morgan fingerprint density at radius 3 is 2.48 bits per heavy atom. The van der Waals surface area contributed by atoms with E-state index in [1.165, 1.54) is 5.56 Å². The van der Waals surface area contributed by atoms with Gasteiger partial charge >= 0.3 is 0 Å². The van der Waals surface area contributed by atoms with Crippen LogP contribution in [0.25, 0.3) is 5.52 Å². The molecule has 0 radical (unpaired) electrons. The number of nitrogens with zero attached hydrogens (tertiary/aromatic N) is 3. The van der Waals surface area contributed by atoms with Gasteiger partial charge in [0.05, 0.1) is 39.4 Å². The topological polar surface area (TPSA) is 41.1 Å². The molecule has 3 aromatic rings. The Bertz CT molecular complexity index is 892. The fourth-order valence-electron chi connectivity index (χ4n) is 2.59. The summed E-state index contributed by atoms with van der Waals surface area (Å²) in [5.74, 6) is 0. The van der Waals surface area contributed by atoms with Gasteiger partial charge in [0, 0.05) is 17.4 Å². The van der Waals surface area contributed by atoms with E-state index in [4.69, 9.17) is 40.1 Å². The minimum Gasteiger partial charge on any atom is -0.314 e. The Hall–Kier alpha value is -1.73. The van der Waals surface area contributed by atoms with E-state index in [9.17, 15) is 0 Å². The maximum atomic E-state index is 8.97. The molecule has 116 valence electrons. The van der Waals surface area contributed by atoms with Gasteiger partial charge in [0.15, 0.2) is 0 Å². The Morgan fingerprint density at radius 1 is 1.04 bits per heavy atom. The van der Waals surface area contributed by atoms with Crippen molar-refractivity contribution in [1.29, 1.82) is 5.26 Å². The molecule has 23 heavy (non-hydrogen) atoms. The van der Waals surface area contributed by atoms with Crippen LogP contribution in [0.2, 0.25) is 15.1 Å². The minimum absolute atomic E-state index is 0.202. The number of hydrogen-bond donors (Lipinski definition) is 0. The normalized spacial score (nSPS) is 10.9. The smallest absolute Gasteiger partial charge is 0.0874 e. The Morgan fingerprint density at radius 2 is 1.78 bits per heavy atom. The van der Waals surface area contributed by atoms with Crippen molar-refractivity contribution in [2.75, 3.05) is 0 Å². The lowest BCUT2D eigenvalue weighted by Gasteiger charge is -2.06. The molecular weight excluding hydrogens is 353 g/mol. The van der Waals surface area contributed by atoms with Gasteiger partial charge in [-0.2, -0.15) is 5.26 Å². The van der Waals surface area contributed by atoms with Gasteiger partial charge in [-0.3, -0.25) is 4.98 Å². The molecule has 0 aliphatic heterocycles. The summed E-state index contributed by atoms with van der Waals surface area (Å²) < 4.78 is 1.86. The lowest BCUT2D eigenvalue weighted by Crippen LogP contribution is -2.00. The number of nitriles is 1. The molecule has 0 unspecified atom stereocenters. The van der Waals surface area contributed by atoms with Gasteiger partial charge in [0.25, 0.3) is 0 Å². The maximum Gasteiger partial charge on any atom is 0.0874 e. The lowest BCUT2D eigenvalue weighted by atomic mass is 10.1. The number of halogens is 3. The zero-order chi connectivity index (χ0) is 16.4. The van der Waals surface area contributed by atoms with Crippen LogP contribution in [0.4, 0.5) is 0 Å². The molecule has 3 nitrogen and oxygen atoms in total. The average Bonchev–Trinajstić information content (AvgIpc) is 2.80. The van der Waals surface area contributed by atoms with Gasteiger partial charge in [0.1, 0.15) is 0 Å². The first-order chi connectivity index (χ1) is 11.1. The van der Waals surface area contributed by atoms with Crippen molar-refractivity contribution in [2.24, 2.45) is 0 Å². The van der Waals surface area contributed by atoms with Crippen molar-refractivity contribution >= 4 is 40.3 Å². The van der Waals surface area contributed by atoms with Gasteiger partial charge in [-0.05, 0) is 30.5 Å². The lowest BCUT2D eigenvalue weighted by molar-refractivity contribution is 0.900. The van der Waals surface area contributed by atoms with E-state index in [-0.39, 0.29) is 6.42 Å². The zero-order valence-corrected chi connectivity index (χ0v) is 14.3. The monoisotopic (exact) mass is 363 g/mol. The second-order valence-corrected chi connectivity index (χ2v) is 6.32. The molecule has 0 spiro atoms. The van der Waals surface area contributed by atoms with Crippen molar-refractivity contribution in [3.05, 3.63) is 68.7 Å². The molecular formula is C17H12Cl3N3. The van der Waals surface area contributed by atoms with Crippen LogP contribution in [-0.2, 0) is 19.3 Å². The predicted molar refractivity (Wildman–Crippen MR) is 93.4 cm³/mol. The van der Waals surface area contributed by atoms with Crippen LogP contribution in [0.15, 0.2) is 36.7 Å². The van der Waals surface area contributed by atoms with Crippen LogP contribution in [0.3, 0.4) is 0 Å². The number of fused-ring (bicyclic) bond motifs is 1. The standard InChI is InChI=1S/C17H12Cl3N3/c18-12-4-1-11(2-5-12)3-6-13-17-16(20)15(19)14(7-8-21)23(17)10-9-22-13/h1-2,4-5,9-10H,3,6-7H2. The van der Waals surface area contributed by atoms with Crippen LogP contribution in [0.5, 0.6) is 0 Å². The molecule has 0 bridgehead atoms. The highest BCUT2D eigenvalue weighted by Crippen LogP contribution is 2.34. The van der Waals surface area contributed by atoms with E-state index in [0.29, 0.717) is 15.7 Å². The Balaban J connectivity index is 1.97. The summed E-state index contributed by atoms with van der Waals surface area (Å²) in [6, 6.07) is 9.85. The first kappa shape index (κ1) is 16.1. The summed E-state index contributed by atoms with van der Waals surface area (Å²) >= 11 is 18.5. The molecule has 0 aliphatic rings. The number of hydrogen-bond acceptors (Lipinski definition) is 2. The summed E-state index contributed by atoms with van der Waals surface area (Å²) in [6.07, 6.45) is 5.23. The highest BCUT2D eigenvalue weighted by atomic mass is 35.5. The van der Waals surface area contributed by atoms with E-state index in [1.54, 1.807) is 12.4 Å². The molecule has 0 atom stereocenters. The van der Waals surface area contributed by atoms with Crippen LogP contribution < -0.4 is 0 Å². The molecule has 2 aromatic heterocycles. The third kappa shape index (κ3) is 3.16. The first-order valence-corrected chi connectivity index (χ1v) is 8.18. The highest BCUT2D eigenvalue weighted by molar-refractivity contribution is 6.45. The van der Waals surface area contributed by atoms with Crippen molar-refractivity contribution in [3.63, 3.8) is 0 Å². The van der Waals surface area contributed by atoms with Gasteiger partial charge in [-0.25, -0.2) is 0 Å². The third-order valence-corrected chi connectivity index (χ3v) is 4.84. The van der Waals surface area contributed by atoms with Gasteiger partial charge in [0.2, 0.25) is 0 Å². The summed E-state index contributed by atoms with van der Waals surface area (Å²) in [6.45, 7) is 0. The molecule has 0 amide bonds. The second kappa shape index (κ2) is 6.80. The average molecular weight is 365 g/mol. The van der Waals surface area contributed by atoms with E-state index >= 15 is 0 Å². The molecule has 0 saturated carbocycles. The fourth-order valence-corrected chi connectivity index (χ4v) is 3.28. The van der Waals surface area contributed by atoms with E-state index in [1.807, 2.05) is 28.7 Å². The summed E-state index contributed by atoms with van der Waals surface area (Å²) in [5, 5.41) is 10.6. The number of benzene rings is 1. The van der Waals surface area contributed by atoms with E-state index in [2.05, 4.69) is 11.1 Å². The van der Waals surface area contributed by atoms with Gasteiger partial charge < -0.3 is 4.40 Å². The largest absolute Gasteiger partial charge is 0.314 e. The van der Waals surface area contributed by atoms with E-state index < -0.39 is 0 Å². The Kier molecular flexibility index (Phi) is 4.77. The van der Waals surface area contributed by atoms with Crippen LogP contribution in [0, 0.1) is 11.3 Å². The van der Waals surface area contributed by atoms with Crippen LogP contribution in [0.1, 0.15) is 17.0 Å². The van der Waals surface area contributed by atoms with Crippen molar-refractivity contribution < 1.29 is 0 Å². The SMILES string of the molecule is N#CCc1c(Cl)c(Cl)c2c(CCc3ccc(Cl)cc3)nccn12. The van der Waals surface area contributed by atoms with Gasteiger partial charge in [-0.1, -0.05) is 46.9 Å². The molecule has 0 N–H and O–H groups in total. The number of aromatic nitrogens is 2. The quantitative estimate of drug-likeness (QED) is 0.642. The van der Waals surface area contributed by atoms with Gasteiger partial charge in [-0.15, -0.1) is 0 Å². The molecule has 3 rings (SSSR count). The summed E-state index contributed by atoms with van der Waals surface area (Å²) in [4.78, 5) is 4.44. The zero-order valence-electron chi connectivity index (χ0n) is 12.1. The number of aryl methyl sites for hydroxylation is 2. The molecule has 6 heteroatoms. The molecule has 0 saturated heterocycles. The molecule has 2 heterocycles. The van der Waals surface area contributed by atoms with E-state index in [0.717, 1.165) is 29.1 Å². The predicted octanol–water partition coefficient (Wildman–Crippen LogP) is 5.15. The molecule has 1 aromatic carbocycles. The number of rotatable bonds is 4. The molecule has 0 aliphatic carbocycles. The van der Waals surface area contributed by atoms with Crippen molar-refractivity contribution in [2.45, 2.75) is 19.3 Å². The second-order valence-electron chi connectivity index (χ2n) is 5.13. The minimum atomic E-state index is 0.202. The first-order valence-electron chi connectivity index (χ1n) is 7.05. The Labute approximate surface area is 149 Å². The van der Waals surface area contributed by atoms with Crippen LogP contribution in [-0.4, -0.2) is 9.38 Å². The summed E-state index contributed by atoms with van der Waals surface area (Å²) in [5.41, 5.74) is 3.51. The molecule has 0 fully saturated rings. The van der Waals surface area contributed by atoms with Crippen molar-refractivity contribution in [3.8, 4) is 6.07 Å². The summed E-state index contributed by atoms with van der Waals surface area (Å²) in [7, 11) is 0. The maximum absolute atomic E-state index is 8.97.